The van der Waals surface area contributed by atoms with E-state index in [1.807, 2.05) is 0 Å². The first-order chi connectivity index (χ1) is 9.62. The van der Waals surface area contributed by atoms with Crippen molar-refractivity contribution in [3.05, 3.63) is 22.7 Å². The monoisotopic (exact) mass is 397 g/mol. The number of hydrogen-bond acceptors (Lipinski definition) is 5. The van der Waals surface area contributed by atoms with E-state index in [4.69, 9.17) is 5.73 Å². The third-order valence-electron chi connectivity index (χ3n) is 3.24. The molecule has 2 rings (SSSR count). The molecule has 2 N–H and O–H groups in total. The SMILES string of the molecule is CS(=O)(=O)N1CCN(S(=O)(=O)c2cc(N)ccc2Br)CC1. The minimum Gasteiger partial charge on any atom is -0.399 e. The van der Waals surface area contributed by atoms with Crippen molar-refractivity contribution in [2.45, 2.75) is 4.90 Å². The molecule has 1 fully saturated rings. The Hall–Kier alpha value is -0.680. The van der Waals surface area contributed by atoms with Crippen molar-refractivity contribution in [2.24, 2.45) is 0 Å². The van der Waals surface area contributed by atoms with Crippen LogP contribution in [0.3, 0.4) is 0 Å². The lowest BCUT2D eigenvalue weighted by Crippen LogP contribution is -2.50. The third kappa shape index (κ3) is 3.57. The van der Waals surface area contributed by atoms with Crippen LogP contribution >= 0.6 is 15.9 Å². The van der Waals surface area contributed by atoms with Gasteiger partial charge in [0.15, 0.2) is 0 Å². The van der Waals surface area contributed by atoms with Crippen molar-refractivity contribution < 1.29 is 16.8 Å². The van der Waals surface area contributed by atoms with Crippen LogP contribution in [0, 0.1) is 0 Å². The number of rotatable bonds is 3. The molecule has 0 atom stereocenters. The van der Waals surface area contributed by atoms with E-state index in [0.717, 1.165) is 6.26 Å². The molecule has 1 aliphatic heterocycles. The van der Waals surface area contributed by atoms with Crippen LogP contribution < -0.4 is 5.73 Å². The fourth-order valence-corrected chi connectivity index (χ4v) is 5.31. The van der Waals surface area contributed by atoms with Crippen molar-refractivity contribution in [3.8, 4) is 0 Å². The Morgan fingerprint density at radius 2 is 1.57 bits per heavy atom. The molecular weight excluding hydrogens is 382 g/mol. The predicted octanol–water partition coefficient (Wildman–Crippen LogP) is 0.297. The van der Waals surface area contributed by atoms with Crippen molar-refractivity contribution in [3.63, 3.8) is 0 Å². The van der Waals surface area contributed by atoms with Crippen LogP contribution in [-0.4, -0.2) is 57.9 Å². The minimum absolute atomic E-state index is 0.0929. The summed E-state index contributed by atoms with van der Waals surface area (Å²) in [5.41, 5.74) is 5.99. The van der Waals surface area contributed by atoms with Gasteiger partial charge in [-0.25, -0.2) is 16.8 Å². The number of halogens is 1. The van der Waals surface area contributed by atoms with Gasteiger partial charge in [-0.05, 0) is 34.1 Å². The lowest BCUT2D eigenvalue weighted by Gasteiger charge is -2.32. The quantitative estimate of drug-likeness (QED) is 0.738. The first-order valence-corrected chi connectivity index (χ1v) is 10.2. The first kappa shape index (κ1) is 16.7. The number of hydrogen-bond donors (Lipinski definition) is 1. The highest BCUT2D eigenvalue weighted by Crippen LogP contribution is 2.27. The summed E-state index contributed by atoms with van der Waals surface area (Å²) in [5.74, 6) is 0. The zero-order valence-electron chi connectivity index (χ0n) is 11.4. The summed E-state index contributed by atoms with van der Waals surface area (Å²) in [6.45, 7) is 0.545. The second kappa shape index (κ2) is 5.84. The molecule has 1 aliphatic rings. The van der Waals surface area contributed by atoms with Gasteiger partial charge >= 0.3 is 0 Å². The summed E-state index contributed by atoms with van der Waals surface area (Å²) in [6, 6.07) is 4.57. The lowest BCUT2D eigenvalue weighted by molar-refractivity contribution is 0.274. The summed E-state index contributed by atoms with van der Waals surface area (Å²) in [4.78, 5) is 0.0929. The summed E-state index contributed by atoms with van der Waals surface area (Å²) in [5, 5.41) is 0. The highest BCUT2D eigenvalue weighted by atomic mass is 79.9. The molecule has 0 spiro atoms. The molecule has 118 valence electrons. The topological polar surface area (TPSA) is 101 Å². The summed E-state index contributed by atoms with van der Waals surface area (Å²) >= 11 is 3.21. The number of benzene rings is 1. The number of sulfonamides is 2. The second-order valence-electron chi connectivity index (χ2n) is 4.76. The van der Waals surface area contributed by atoms with Crippen molar-refractivity contribution in [1.82, 2.24) is 8.61 Å². The standard InChI is InChI=1S/C11H16BrN3O4S2/c1-20(16,17)14-4-6-15(7-5-14)21(18,19)11-8-9(13)2-3-10(11)12/h2-3,8H,4-7,13H2,1H3. The van der Waals surface area contributed by atoms with Crippen LogP contribution in [0.25, 0.3) is 0 Å². The van der Waals surface area contributed by atoms with Crippen LogP contribution in [-0.2, 0) is 20.0 Å². The molecule has 0 bridgehead atoms. The van der Waals surface area contributed by atoms with Gasteiger partial charge in [-0.15, -0.1) is 0 Å². The number of anilines is 1. The van der Waals surface area contributed by atoms with E-state index in [1.165, 1.54) is 14.7 Å². The molecule has 10 heteroatoms. The molecule has 1 saturated heterocycles. The molecule has 0 saturated carbocycles. The van der Waals surface area contributed by atoms with Gasteiger partial charge in [-0.2, -0.15) is 8.61 Å². The Bertz CT molecular complexity index is 741. The summed E-state index contributed by atoms with van der Waals surface area (Å²) < 4.78 is 51.0. The van der Waals surface area contributed by atoms with Crippen molar-refractivity contribution in [1.29, 1.82) is 0 Å². The van der Waals surface area contributed by atoms with Crippen molar-refractivity contribution in [2.75, 3.05) is 38.2 Å². The summed E-state index contributed by atoms with van der Waals surface area (Å²) in [6.07, 6.45) is 1.12. The van der Waals surface area contributed by atoms with Crippen LogP contribution in [0.2, 0.25) is 0 Å². The van der Waals surface area contributed by atoms with E-state index in [0.29, 0.717) is 10.2 Å². The molecular formula is C11H16BrN3O4S2. The Morgan fingerprint density at radius 3 is 2.10 bits per heavy atom. The van der Waals surface area contributed by atoms with E-state index < -0.39 is 20.0 Å². The molecule has 21 heavy (non-hydrogen) atoms. The van der Waals surface area contributed by atoms with E-state index in [1.54, 1.807) is 12.1 Å². The van der Waals surface area contributed by atoms with Crippen LogP contribution in [0.4, 0.5) is 5.69 Å². The number of nitrogens with two attached hydrogens (primary N) is 1. The molecule has 0 aliphatic carbocycles. The van der Waals surface area contributed by atoms with Gasteiger partial charge in [0, 0.05) is 36.3 Å². The average Bonchev–Trinajstić information content (AvgIpc) is 2.40. The van der Waals surface area contributed by atoms with E-state index in [9.17, 15) is 16.8 Å². The minimum atomic E-state index is -3.70. The van der Waals surface area contributed by atoms with E-state index in [-0.39, 0.29) is 31.1 Å². The van der Waals surface area contributed by atoms with Crippen LogP contribution in [0.15, 0.2) is 27.6 Å². The Balaban J connectivity index is 2.25. The van der Waals surface area contributed by atoms with Gasteiger partial charge in [0.1, 0.15) is 0 Å². The Kier molecular flexibility index (Phi) is 4.64. The maximum absolute atomic E-state index is 12.6. The van der Waals surface area contributed by atoms with Crippen LogP contribution in [0.1, 0.15) is 0 Å². The zero-order chi connectivity index (χ0) is 15.8. The average molecular weight is 398 g/mol. The highest BCUT2D eigenvalue weighted by molar-refractivity contribution is 9.10. The lowest BCUT2D eigenvalue weighted by atomic mass is 10.3. The fraction of sp³-hybridized carbons (Fsp3) is 0.455. The number of nitrogens with zero attached hydrogens (tertiary/aromatic N) is 2. The molecule has 7 nitrogen and oxygen atoms in total. The summed E-state index contributed by atoms with van der Waals surface area (Å²) in [7, 11) is -6.99. The Morgan fingerprint density at radius 1 is 1.05 bits per heavy atom. The van der Waals surface area contributed by atoms with E-state index >= 15 is 0 Å². The van der Waals surface area contributed by atoms with Gasteiger partial charge in [0.05, 0.1) is 11.2 Å². The fourth-order valence-electron chi connectivity index (χ4n) is 2.10. The number of piperazine rings is 1. The van der Waals surface area contributed by atoms with Crippen LogP contribution in [0.5, 0.6) is 0 Å². The second-order valence-corrected chi connectivity index (χ2v) is 9.50. The predicted molar refractivity (Wildman–Crippen MR) is 83.7 cm³/mol. The van der Waals surface area contributed by atoms with Gasteiger partial charge in [0.2, 0.25) is 20.0 Å². The maximum Gasteiger partial charge on any atom is 0.244 e. The highest BCUT2D eigenvalue weighted by Gasteiger charge is 2.32. The maximum atomic E-state index is 12.6. The van der Waals surface area contributed by atoms with Crippen molar-refractivity contribution >= 4 is 41.7 Å². The van der Waals surface area contributed by atoms with Gasteiger partial charge < -0.3 is 5.73 Å². The first-order valence-electron chi connectivity index (χ1n) is 6.12. The largest absolute Gasteiger partial charge is 0.399 e. The van der Waals surface area contributed by atoms with Gasteiger partial charge in [-0.3, -0.25) is 0 Å². The molecule has 1 aromatic rings. The molecule has 1 heterocycles. The van der Waals surface area contributed by atoms with Gasteiger partial charge in [-0.1, -0.05) is 0 Å². The molecule has 0 radical (unpaired) electrons. The molecule has 1 aromatic carbocycles. The molecule has 0 aromatic heterocycles. The smallest absolute Gasteiger partial charge is 0.244 e. The van der Waals surface area contributed by atoms with E-state index in [2.05, 4.69) is 15.9 Å². The third-order valence-corrected chi connectivity index (χ3v) is 7.44. The zero-order valence-corrected chi connectivity index (χ0v) is 14.6. The number of nitrogen functional groups attached to an aromatic ring is 1. The van der Waals surface area contributed by atoms with Gasteiger partial charge in [0.25, 0.3) is 0 Å². The molecule has 0 amide bonds. The Labute approximate surface area is 132 Å². The molecule has 0 unspecified atom stereocenters. The normalized spacial score (nSPS) is 18.8.